The van der Waals surface area contributed by atoms with E-state index in [-0.39, 0.29) is 0 Å². The molecule has 1 fully saturated rings. The predicted molar refractivity (Wildman–Crippen MR) is 92.1 cm³/mol. The highest BCUT2D eigenvalue weighted by Crippen LogP contribution is 2.43. The number of nitrogens with two attached hydrogens (primary N) is 1. The molecule has 3 rings (SSSR count). The maximum Gasteiger partial charge on any atom is 0.149 e. The fourth-order valence-electron chi connectivity index (χ4n) is 3.14. The lowest BCUT2D eigenvalue weighted by Crippen LogP contribution is -2.45. The standard InChI is InChI=1S/C15H22N4S2/c1-8-5-9(2)11(4)19(6-8)15-12(13(16)18-21-15)14-17-10(3)7-20-14/h7-9,11H,5-6H2,1-4H3,(H2,16,18). The van der Waals surface area contributed by atoms with Crippen LogP contribution >= 0.6 is 22.9 Å². The molecule has 0 spiro atoms. The maximum atomic E-state index is 6.14. The average Bonchev–Trinajstić information content (AvgIpc) is 3.00. The van der Waals surface area contributed by atoms with E-state index in [2.05, 4.69) is 40.4 Å². The van der Waals surface area contributed by atoms with E-state index in [1.165, 1.54) is 23.0 Å². The zero-order valence-electron chi connectivity index (χ0n) is 13.0. The summed E-state index contributed by atoms with van der Waals surface area (Å²) >= 11 is 3.16. The van der Waals surface area contributed by atoms with Gasteiger partial charge in [-0.25, -0.2) is 4.98 Å². The van der Waals surface area contributed by atoms with Crippen molar-refractivity contribution in [1.29, 1.82) is 0 Å². The van der Waals surface area contributed by atoms with Crippen LogP contribution in [0.2, 0.25) is 0 Å². The van der Waals surface area contributed by atoms with E-state index in [1.807, 2.05) is 6.92 Å². The summed E-state index contributed by atoms with van der Waals surface area (Å²) in [6.45, 7) is 10.1. The number of thiazole rings is 1. The Balaban J connectivity index is 2.03. The van der Waals surface area contributed by atoms with E-state index in [0.29, 0.717) is 23.7 Å². The largest absolute Gasteiger partial charge is 0.382 e. The lowest BCUT2D eigenvalue weighted by Gasteiger charge is -2.42. The van der Waals surface area contributed by atoms with Crippen LogP contribution in [0.1, 0.15) is 32.9 Å². The molecule has 3 atom stereocenters. The van der Waals surface area contributed by atoms with Gasteiger partial charge >= 0.3 is 0 Å². The number of aryl methyl sites for hydroxylation is 1. The second-order valence-electron chi connectivity index (χ2n) is 6.25. The van der Waals surface area contributed by atoms with Gasteiger partial charge in [-0.05, 0) is 43.6 Å². The van der Waals surface area contributed by atoms with Crippen molar-refractivity contribution in [3.8, 4) is 10.6 Å². The SMILES string of the molecule is Cc1csc(-c2c(N)nsc2N2CC(C)CC(C)C2C)n1. The zero-order chi connectivity index (χ0) is 15.1. The molecule has 3 unspecified atom stereocenters. The number of nitrogen functional groups attached to an aromatic ring is 1. The van der Waals surface area contributed by atoms with Gasteiger partial charge in [0.15, 0.2) is 0 Å². The van der Waals surface area contributed by atoms with Gasteiger partial charge in [0, 0.05) is 23.7 Å². The highest BCUT2D eigenvalue weighted by Gasteiger charge is 2.32. The second-order valence-corrected chi connectivity index (χ2v) is 7.86. The molecule has 4 nitrogen and oxygen atoms in total. The van der Waals surface area contributed by atoms with E-state index < -0.39 is 0 Å². The van der Waals surface area contributed by atoms with Crippen molar-refractivity contribution in [2.75, 3.05) is 17.2 Å². The summed E-state index contributed by atoms with van der Waals surface area (Å²) in [4.78, 5) is 7.10. The lowest BCUT2D eigenvalue weighted by molar-refractivity contribution is 0.298. The summed E-state index contributed by atoms with van der Waals surface area (Å²) < 4.78 is 4.41. The van der Waals surface area contributed by atoms with Crippen LogP contribution in [0.4, 0.5) is 10.8 Å². The zero-order valence-corrected chi connectivity index (χ0v) is 14.6. The van der Waals surface area contributed by atoms with Crippen LogP contribution in [0.15, 0.2) is 5.38 Å². The van der Waals surface area contributed by atoms with Crippen LogP contribution in [-0.4, -0.2) is 21.9 Å². The number of nitrogens with zero attached hydrogens (tertiary/aromatic N) is 3. The first-order valence-corrected chi connectivity index (χ1v) is 9.07. The van der Waals surface area contributed by atoms with Crippen LogP contribution in [-0.2, 0) is 0 Å². The number of hydrogen-bond acceptors (Lipinski definition) is 6. The van der Waals surface area contributed by atoms with Crippen molar-refractivity contribution in [1.82, 2.24) is 9.36 Å². The molecule has 0 amide bonds. The lowest BCUT2D eigenvalue weighted by atomic mass is 9.86. The Kier molecular flexibility index (Phi) is 3.92. The molecule has 2 aromatic heterocycles. The molecule has 0 saturated carbocycles. The predicted octanol–water partition coefficient (Wildman–Crippen LogP) is 4.03. The molecule has 0 bridgehead atoms. The molecule has 3 heterocycles. The van der Waals surface area contributed by atoms with Crippen molar-refractivity contribution in [3.63, 3.8) is 0 Å². The Morgan fingerprint density at radius 2 is 2.10 bits per heavy atom. The Morgan fingerprint density at radius 1 is 1.33 bits per heavy atom. The topological polar surface area (TPSA) is 55.0 Å². The molecule has 114 valence electrons. The van der Waals surface area contributed by atoms with Gasteiger partial charge in [-0.3, -0.25) is 0 Å². The Morgan fingerprint density at radius 3 is 2.76 bits per heavy atom. The third-order valence-electron chi connectivity index (χ3n) is 4.39. The molecule has 1 aliphatic heterocycles. The van der Waals surface area contributed by atoms with Crippen molar-refractivity contribution < 1.29 is 0 Å². The van der Waals surface area contributed by atoms with Crippen molar-refractivity contribution in [3.05, 3.63) is 11.1 Å². The minimum atomic E-state index is 0.515. The summed E-state index contributed by atoms with van der Waals surface area (Å²) in [5.41, 5.74) is 8.22. The first kappa shape index (κ1) is 14.8. The smallest absolute Gasteiger partial charge is 0.149 e. The van der Waals surface area contributed by atoms with Gasteiger partial charge in [-0.2, -0.15) is 4.37 Å². The number of piperidine rings is 1. The van der Waals surface area contributed by atoms with E-state index in [0.717, 1.165) is 22.8 Å². The molecule has 21 heavy (non-hydrogen) atoms. The summed E-state index contributed by atoms with van der Waals surface area (Å²) in [6, 6.07) is 0.515. The molecule has 0 aliphatic carbocycles. The maximum absolute atomic E-state index is 6.14. The summed E-state index contributed by atoms with van der Waals surface area (Å²) in [6.07, 6.45) is 1.29. The van der Waals surface area contributed by atoms with Crippen LogP contribution in [0.5, 0.6) is 0 Å². The van der Waals surface area contributed by atoms with Crippen LogP contribution < -0.4 is 10.6 Å². The molecule has 0 radical (unpaired) electrons. The van der Waals surface area contributed by atoms with Gasteiger partial charge in [-0.1, -0.05) is 13.8 Å². The third kappa shape index (κ3) is 2.66. The van der Waals surface area contributed by atoms with E-state index >= 15 is 0 Å². The molecule has 0 aromatic carbocycles. The van der Waals surface area contributed by atoms with Gasteiger partial charge in [-0.15, -0.1) is 11.3 Å². The van der Waals surface area contributed by atoms with Gasteiger partial charge in [0.1, 0.15) is 15.8 Å². The van der Waals surface area contributed by atoms with E-state index in [4.69, 9.17) is 5.73 Å². The number of anilines is 2. The van der Waals surface area contributed by atoms with Crippen LogP contribution in [0, 0.1) is 18.8 Å². The monoisotopic (exact) mass is 322 g/mol. The summed E-state index contributed by atoms with van der Waals surface area (Å²) in [5.74, 6) is 2.00. The summed E-state index contributed by atoms with van der Waals surface area (Å²) in [5, 5.41) is 4.25. The van der Waals surface area contributed by atoms with Crippen molar-refractivity contribution in [2.45, 2.75) is 40.2 Å². The van der Waals surface area contributed by atoms with Crippen LogP contribution in [0.3, 0.4) is 0 Å². The second kappa shape index (κ2) is 5.57. The number of aromatic nitrogens is 2. The summed E-state index contributed by atoms with van der Waals surface area (Å²) in [7, 11) is 0. The first-order valence-electron chi connectivity index (χ1n) is 7.41. The molecule has 1 saturated heterocycles. The molecule has 6 heteroatoms. The van der Waals surface area contributed by atoms with Crippen molar-refractivity contribution >= 4 is 33.7 Å². The highest BCUT2D eigenvalue weighted by atomic mass is 32.1. The fourth-order valence-corrected chi connectivity index (χ4v) is 4.97. The molecule has 2 N–H and O–H groups in total. The molecular formula is C15H22N4S2. The average molecular weight is 323 g/mol. The normalized spacial score (nSPS) is 26.3. The minimum Gasteiger partial charge on any atom is -0.382 e. The third-order valence-corrected chi connectivity index (χ3v) is 6.27. The number of rotatable bonds is 2. The van der Waals surface area contributed by atoms with Gasteiger partial charge in [0.2, 0.25) is 0 Å². The number of hydrogen-bond donors (Lipinski definition) is 1. The fraction of sp³-hybridized carbons (Fsp3) is 0.600. The molecule has 1 aliphatic rings. The van der Waals surface area contributed by atoms with Gasteiger partial charge in [0.05, 0.1) is 5.56 Å². The first-order chi connectivity index (χ1) is 9.97. The van der Waals surface area contributed by atoms with Gasteiger partial charge in [0.25, 0.3) is 0 Å². The minimum absolute atomic E-state index is 0.515. The quantitative estimate of drug-likeness (QED) is 0.907. The van der Waals surface area contributed by atoms with Crippen LogP contribution in [0.25, 0.3) is 10.6 Å². The Labute approximate surface area is 134 Å². The Hall–Kier alpha value is -1.14. The highest BCUT2D eigenvalue weighted by molar-refractivity contribution is 7.15. The molecular weight excluding hydrogens is 300 g/mol. The molecule has 2 aromatic rings. The van der Waals surface area contributed by atoms with E-state index in [1.54, 1.807) is 11.3 Å². The van der Waals surface area contributed by atoms with Crippen molar-refractivity contribution in [2.24, 2.45) is 11.8 Å². The van der Waals surface area contributed by atoms with E-state index in [9.17, 15) is 0 Å². The van der Waals surface area contributed by atoms with Gasteiger partial charge < -0.3 is 10.6 Å². The Bertz CT molecular complexity index is 633.